The van der Waals surface area contributed by atoms with Gasteiger partial charge in [-0.25, -0.2) is 4.39 Å². The molecule has 20 heavy (non-hydrogen) atoms. The van der Waals surface area contributed by atoms with Crippen LogP contribution in [-0.2, 0) is 9.53 Å². The summed E-state index contributed by atoms with van der Waals surface area (Å²) in [6.45, 7) is 9.40. The lowest BCUT2D eigenvalue weighted by molar-refractivity contribution is -0.151. The molecule has 0 aromatic heterocycles. The Bertz CT molecular complexity index is 474. The van der Waals surface area contributed by atoms with Crippen molar-refractivity contribution in [2.45, 2.75) is 52.7 Å². The number of hydrogen-bond donors (Lipinski definition) is 1. The van der Waals surface area contributed by atoms with Crippen LogP contribution in [0.25, 0.3) is 0 Å². The zero-order valence-corrected chi connectivity index (χ0v) is 12.8. The summed E-state index contributed by atoms with van der Waals surface area (Å²) in [5, 5.41) is 0. The molecule has 0 radical (unpaired) electrons. The minimum absolute atomic E-state index is 0.0149. The third-order valence-corrected chi connectivity index (χ3v) is 3.72. The van der Waals surface area contributed by atoms with Crippen LogP contribution in [0.2, 0.25) is 0 Å². The number of aryl methyl sites for hydroxylation is 1. The van der Waals surface area contributed by atoms with Gasteiger partial charge in [-0.3, -0.25) is 4.79 Å². The Hall–Kier alpha value is -1.42. The molecule has 0 heterocycles. The molecular weight excluding hydrogens is 257 g/mol. The minimum Gasteiger partial charge on any atom is -0.461 e. The molecule has 1 aromatic carbocycles. The molecule has 0 saturated heterocycles. The molecule has 0 fully saturated rings. The molecule has 0 spiro atoms. The second-order valence-corrected chi connectivity index (χ2v) is 5.70. The zero-order valence-electron chi connectivity index (χ0n) is 12.8. The average molecular weight is 281 g/mol. The summed E-state index contributed by atoms with van der Waals surface area (Å²) in [5.74, 6) is -0.625. The van der Waals surface area contributed by atoms with E-state index in [-0.39, 0.29) is 29.7 Å². The van der Waals surface area contributed by atoms with Crippen molar-refractivity contribution in [2.24, 2.45) is 11.7 Å². The van der Waals surface area contributed by atoms with Gasteiger partial charge in [-0.2, -0.15) is 0 Å². The van der Waals surface area contributed by atoms with Crippen LogP contribution >= 0.6 is 0 Å². The second-order valence-electron chi connectivity index (χ2n) is 5.70. The first-order chi connectivity index (χ1) is 9.23. The van der Waals surface area contributed by atoms with Crippen LogP contribution in [0.1, 0.15) is 44.7 Å². The van der Waals surface area contributed by atoms with E-state index < -0.39 is 6.04 Å². The summed E-state index contributed by atoms with van der Waals surface area (Å²) in [6, 6.07) is 4.04. The summed E-state index contributed by atoms with van der Waals surface area (Å²) < 4.78 is 18.5. The van der Waals surface area contributed by atoms with E-state index in [1.165, 1.54) is 12.1 Å². The lowest BCUT2D eigenvalue weighted by Crippen LogP contribution is -2.39. The van der Waals surface area contributed by atoms with E-state index in [1.54, 1.807) is 6.07 Å². The lowest BCUT2D eigenvalue weighted by atomic mass is 9.92. The van der Waals surface area contributed by atoms with Crippen molar-refractivity contribution < 1.29 is 13.9 Å². The predicted octanol–water partition coefficient (Wildman–Crippen LogP) is 3.15. The van der Waals surface area contributed by atoms with Gasteiger partial charge in [0.1, 0.15) is 18.0 Å². The second kappa shape index (κ2) is 6.84. The van der Waals surface area contributed by atoms with Crippen LogP contribution in [0.4, 0.5) is 4.39 Å². The highest BCUT2D eigenvalue weighted by molar-refractivity contribution is 5.76. The first-order valence-electron chi connectivity index (χ1n) is 6.96. The maximum Gasteiger partial charge on any atom is 0.323 e. The van der Waals surface area contributed by atoms with Crippen LogP contribution < -0.4 is 5.73 Å². The van der Waals surface area contributed by atoms with Crippen LogP contribution in [0, 0.1) is 18.7 Å². The van der Waals surface area contributed by atoms with Gasteiger partial charge in [-0.05, 0) is 43.0 Å². The van der Waals surface area contributed by atoms with Crippen molar-refractivity contribution in [1.82, 2.24) is 0 Å². The molecule has 1 rings (SSSR count). The van der Waals surface area contributed by atoms with E-state index in [4.69, 9.17) is 10.5 Å². The maximum absolute atomic E-state index is 13.1. The van der Waals surface area contributed by atoms with Gasteiger partial charge in [0.05, 0.1) is 0 Å². The molecule has 2 N–H and O–H groups in total. The van der Waals surface area contributed by atoms with Gasteiger partial charge >= 0.3 is 5.97 Å². The van der Waals surface area contributed by atoms with Gasteiger partial charge in [0, 0.05) is 5.92 Å². The highest BCUT2D eigenvalue weighted by atomic mass is 19.1. The predicted molar refractivity (Wildman–Crippen MR) is 77.9 cm³/mol. The fourth-order valence-corrected chi connectivity index (χ4v) is 2.04. The molecule has 112 valence electrons. The Morgan fingerprint density at radius 3 is 2.35 bits per heavy atom. The Kier molecular flexibility index (Phi) is 5.69. The highest BCUT2D eigenvalue weighted by Crippen LogP contribution is 2.25. The Morgan fingerprint density at radius 1 is 1.25 bits per heavy atom. The SMILES string of the molecule is Cc1cc(F)ccc1[C@@H](C)[C@@H](C)OC(=O)[C@@H](N)C(C)C. The van der Waals surface area contributed by atoms with Crippen molar-refractivity contribution in [3.8, 4) is 0 Å². The fraction of sp³-hybridized carbons (Fsp3) is 0.562. The Balaban J connectivity index is 2.76. The smallest absolute Gasteiger partial charge is 0.323 e. The van der Waals surface area contributed by atoms with E-state index >= 15 is 0 Å². The molecule has 0 amide bonds. The number of ether oxygens (including phenoxy) is 1. The van der Waals surface area contributed by atoms with Gasteiger partial charge in [-0.15, -0.1) is 0 Å². The van der Waals surface area contributed by atoms with Crippen molar-refractivity contribution in [3.63, 3.8) is 0 Å². The number of carbonyl (C=O) groups excluding carboxylic acids is 1. The van der Waals surface area contributed by atoms with Crippen molar-refractivity contribution in [2.75, 3.05) is 0 Å². The van der Waals surface area contributed by atoms with Gasteiger partial charge < -0.3 is 10.5 Å². The molecular formula is C16H24FNO2. The standard InChI is InChI=1S/C16H24FNO2/c1-9(2)15(18)16(19)20-12(5)11(4)14-7-6-13(17)8-10(14)3/h6-9,11-12,15H,18H2,1-5H3/t11-,12+,15-/m0/s1. The summed E-state index contributed by atoms with van der Waals surface area (Å²) in [6.07, 6.45) is -0.309. The number of carbonyl (C=O) groups is 1. The van der Waals surface area contributed by atoms with E-state index in [0.29, 0.717) is 0 Å². The van der Waals surface area contributed by atoms with Crippen molar-refractivity contribution >= 4 is 5.97 Å². The third-order valence-electron chi connectivity index (χ3n) is 3.72. The number of esters is 1. The number of rotatable bonds is 5. The number of hydrogen-bond acceptors (Lipinski definition) is 3. The molecule has 0 bridgehead atoms. The lowest BCUT2D eigenvalue weighted by Gasteiger charge is -2.24. The van der Waals surface area contributed by atoms with Gasteiger partial charge in [0.15, 0.2) is 0 Å². The quantitative estimate of drug-likeness (QED) is 0.843. The summed E-state index contributed by atoms with van der Waals surface area (Å²) in [5.41, 5.74) is 7.60. The Labute approximate surface area is 120 Å². The molecule has 4 heteroatoms. The Morgan fingerprint density at radius 2 is 1.85 bits per heavy atom. The number of nitrogens with two attached hydrogens (primary N) is 1. The molecule has 0 unspecified atom stereocenters. The van der Waals surface area contributed by atoms with Crippen LogP contribution in [0.5, 0.6) is 0 Å². The highest BCUT2D eigenvalue weighted by Gasteiger charge is 2.25. The molecule has 0 aliphatic heterocycles. The maximum atomic E-state index is 13.1. The molecule has 3 atom stereocenters. The summed E-state index contributed by atoms with van der Waals surface area (Å²) in [4.78, 5) is 11.9. The molecule has 3 nitrogen and oxygen atoms in total. The average Bonchev–Trinajstić information content (AvgIpc) is 2.36. The third kappa shape index (κ3) is 4.04. The normalized spacial score (nSPS) is 15.8. The first-order valence-corrected chi connectivity index (χ1v) is 6.96. The van der Waals surface area contributed by atoms with E-state index in [0.717, 1.165) is 11.1 Å². The molecule has 0 aliphatic rings. The van der Waals surface area contributed by atoms with E-state index in [2.05, 4.69) is 0 Å². The molecule has 1 aromatic rings. The first kappa shape index (κ1) is 16.6. The van der Waals surface area contributed by atoms with Gasteiger partial charge in [0.25, 0.3) is 0 Å². The summed E-state index contributed by atoms with van der Waals surface area (Å²) >= 11 is 0. The molecule has 0 saturated carbocycles. The topological polar surface area (TPSA) is 52.3 Å². The van der Waals surface area contributed by atoms with Crippen LogP contribution in [0.15, 0.2) is 18.2 Å². The van der Waals surface area contributed by atoms with Gasteiger partial charge in [0.2, 0.25) is 0 Å². The van der Waals surface area contributed by atoms with E-state index in [1.807, 2.05) is 34.6 Å². The number of benzene rings is 1. The fourth-order valence-electron chi connectivity index (χ4n) is 2.04. The van der Waals surface area contributed by atoms with Crippen LogP contribution in [-0.4, -0.2) is 18.1 Å². The molecule has 0 aliphatic carbocycles. The van der Waals surface area contributed by atoms with E-state index in [9.17, 15) is 9.18 Å². The minimum atomic E-state index is -0.612. The number of halogens is 1. The monoisotopic (exact) mass is 281 g/mol. The van der Waals surface area contributed by atoms with Crippen molar-refractivity contribution in [1.29, 1.82) is 0 Å². The summed E-state index contributed by atoms with van der Waals surface area (Å²) in [7, 11) is 0. The van der Waals surface area contributed by atoms with Crippen LogP contribution in [0.3, 0.4) is 0 Å². The zero-order chi connectivity index (χ0) is 15.4. The van der Waals surface area contributed by atoms with Crippen molar-refractivity contribution in [3.05, 3.63) is 35.1 Å². The van der Waals surface area contributed by atoms with Gasteiger partial charge in [-0.1, -0.05) is 26.8 Å². The largest absolute Gasteiger partial charge is 0.461 e.